The number of ether oxygens (including phenoxy) is 1. The van der Waals surface area contributed by atoms with E-state index >= 15 is 0 Å². The predicted molar refractivity (Wildman–Crippen MR) is 121 cm³/mol. The first-order valence-corrected chi connectivity index (χ1v) is 13.3. The minimum atomic E-state index is -2.51. The first-order chi connectivity index (χ1) is 14.4. The molecule has 0 radical (unpaired) electrons. The van der Waals surface area contributed by atoms with Crippen molar-refractivity contribution < 1.29 is 14.0 Å². The maximum Gasteiger partial charge on any atom is 0.309 e. The molecule has 2 saturated carbocycles. The van der Waals surface area contributed by atoms with Crippen molar-refractivity contribution in [3.05, 3.63) is 60.7 Å². The molecule has 0 amide bonds. The molecule has 5 rings (SSSR count). The van der Waals surface area contributed by atoms with Gasteiger partial charge in [-0.1, -0.05) is 81.4 Å². The number of carbonyl (C=O) groups excluding carboxylic acids is 1. The van der Waals surface area contributed by atoms with E-state index in [-0.39, 0.29) is 23.0 Å². The van der Waals surface area contributed by atoms with E-state index < -0.39 is 8.32 Å². The Kier molecular flexibility index (Phi) is 4.90. The minimum Gasteiger partial charge on any atom is -0.462 e. The van der Waals surface area contributed by atoms with Crippen LogP contribution in [0.25, 0.3) is 0 Å². The Morgan fingerprint density at radius 1 is 0.967 bits per heavy atom. The van der Waals surface area contributed by atoms with Crippen LogP contribution in [0.2, 0.25) is 5.04 Å². The molecule has 0 unspecified atom stereocenters. The van der Waals surface area contributed by atoms with E-state index in [1.54, 1.807) is 0 Å². The summed E-state index contributed by atoms with van der Waals surface area (Å²) >= 11 is 0. The first-order valence-electron chi connectivity index (χ1n) is 11.4. The Hall–Kier alpha value is -1.91. The quantitative estimate of drug-likeness (QED) is 0.538. The Labute approximate surface area is 180 Å². The van der Waals surface area contributed by atoms with Crippen LogP contribution in [0.4, 0.5) is 0 Å². The van der Waals surface area contributed by atoms with Crippen LogP contribution in [0.1, 0.15) is 40.0 Å². The Balaban J connectivity index is 1.50. The minimum absolute atomic E-state index is 0.0126. The lowest BCUT2D eigenvalue weighted by atomic mass is 9.91. The molecule has 0 aromatic heterocycles. The third-order valence-electron chi connectivity index (χ3n) is 7.84. The van der Waals surface area contributed by atoms with Gasteiger partial charge in [0, 0.05) is 12.5 Å². The molecule has 1 saturated heterocycles. The van der Waals surface area contributed by atoms with Gasteiger partial charge < -0.3 is 9.16 Å². The third kappa shape index (κ3) is 2.99. The van der Waals surface area contributed by atoms with Gasteiger partial charge in [-0.25, -0.2) is 0 Å². The predicted octanol–water partition coefficient (Wildman–Crippen LogP) is 4.15. The number of carbonyl (C=O) groups is 1. The van der Waals surface area contributed by atoms with E-state index in [1.807, 2.05) is 0 Å². The van der Waals surface area contributed by atoms with Gasteiger partial charge in [0.2, 0.25) is 0 Å². The molecule has 1 heterocycles. The van der Waals surface area contributed by atoms with Crippen molar-refractivity contribution in [3.8, 4) is 0 Å². The standard InChI is InChI=1S/C26H32O3Si/c1-26(2,3)30(19-10-6-4-7-11-19,20-12-8-5-9-13-20)28-17-18-16-22-24-21(18)14-15-23(24)29-25(22)27/h4-13,18,21-24H,14-17H2,1-3H3/t18-,21+,22-,23+,24+/m0/s1. The van der Waals surface area contributed by atoms with Crippen molar-refractivity contribution in [3.63, 3.8) is 0 Å². The maximum absolute atomic E-state index is 12.3. The van der Waals surface area contributed by atoms with Crippen molar-refractivity contribution in [2.75, 3.05) is 6.61 Å². The SMILES string of the molecule is CC(C)(C)[Si](OC[C@@H]1C[C@@H]2C(=O)O[C@@H]3CC[C@H]1[C@H]23)(c1ccccc1)c1ccccc1. The number of hydrogen-bond donors (Lipinski definition) is 0. The van der Waals surface area contributed by atoms with Crippen molar-refractivity contribution in [2.45, 2.75) is 51.2 Å². The molecule has 3 fully saturated rings. The van der Waals surface area contributed by atoms with Crippen LogP contribution in [0.15, 0.2) is 60.7 Å². The average Bonchev–Trinajstić information content (AvgIpc) is 3.39. The lowest BCUT2D eigenvalue weighted by Crippen LogP contribution is -2.67. The number of rotatable bonds is 5. The molecule has 0 spiro atoms. The molecule has 2 aromatic rings. The molecule has 1 aliphatic heterocycles. The average molecular weight is 421 g/mol. The number of benzene rings is 2. The smallest absolute Gasteiger partial charge is 0.309 e. The van der Waals surface area contributed by atoms with E-state index in [4.69, 9.17) is 9.16 Å². The second-order valence-corrected chi connectivity index (χ2v) is 14.7. The van der Waals surface area contributed by atoms with Crippen LogP contribution in [-0.4, -0.2) is 27.0 Å². The molecular formula is C26H32O3Si. The van der Waals surface area contributed by atoms with Crippen LogP contribution in [0.3, 0.4) is 0 Å². The zero-order valence-electron chi connectivity index (χ0n) is 18.2. The van der Waals surface area contributed by atoms with Crippen molar-refractivity contribution in [2.24, 2.45) is 23.7 Å². The van der Waals surface area contributed by atoms with Gasteiger partial charge >= 0.3 is 5.97 Å². The number of hydrogen-bond acceptors (Lipinski definition) is 3. The highest BCUT2D eigenvalue weighted by atomic mass is 28.4. The Morgan fingerprint density at radius 2 is 1.57 bits per heavy atom. The molecule has 30 heavy (non-hydrogen) atoms. The summed E-state index contributed by atoms with van der Waals surface area (Å²) in [5, 5.41) is 2.64. The van der Waals surface area contributed by atoms with Crippen LogP contribution in [0, 0.1) is 23.7 Å². The summed E-state index contributed by atoms with van der Waals surface area (Å²) in [6.07, 6.45) is 3.31. The Morgan fingerprint density at radius 3 is 2.13 bits per heavy atom. The summed E-state index contributed by atoms with van der Waals surface area (Å²) in [7, 11) is -2.51. The second-order valence-electron chi connectivity index (χ2n) is 10.4. The summed E-state index contributed by atoms with van der Waals surface area (Å²) in [6, 6.07) is 21.7. The molecule has 5 atom stereocenters. The lowest BCUT2D eigenvalue weighted by molar-refractivity contribution is -0.144. The van der Waals surface area contributed by atoms with E-state index in [9.17, 15) is 4.79 Å². The van der Waals surface area contributed by atoms with Gasteiger partial charge in [-0.3, -0.25) is 4.79 Å². The van der Waals surface area contributed by atoms with Crippen molar-refractivity contribution >= 4 is 24.7 Å². The monoisotopic (exact) mass is 420 g/mol. The third-order valence-corrected chi connectivity index (χ3v) is 12.8. The fraction of sp³-hybridized carbons (Fsp3) is 0.500. The van der Waals surface area contributed by atoms with E-state index in [0.29, 0.717) is 17.8 Å². The zero-order valence-corrected chi connectivity index (χ0v) is 19.2. The van der Waals surface area contributed by atoms with Gasteiger partial charge in [0.05, 0.1) is 5.92 Å². The highest BCUT2D eigenvalue weighted by Gasteiger charge is 2.59. The van der Waals surface area contributed by atoms with Gasteiger partial charge in [-0.15, -0.1) is 0 Å². The largest absolute Gasteiger partial charge is 0.462 e. The molecule has 2 aliphatic carbocycles. The van der Waals surface area contributed by atoms with Crippen molar-refractivity contribution in [1.29, 1.82) is 0 Å². The van der Waals surface area contributed by atoms with Gasteiger partial charge in [-0.2, -0.15) is 0 Å². The summed E-state index contributed by atoms with van der Waals surface area (Å²) in [4.78, 5) is 12.3. The summed E-state index contributed by atoms with van der Waals surface area (Å²) < 4.78 is 12.8. The molecule has 0 N–H and O–H groups in total. The van der Waals surface area contributed by atoms with Crippen molar-refractivity contribution in [1.82, 2.24) is 0 Å². The molecule has 158 valence electrons. The van der Waals surface area contributed by atoms with Crippen LogP contribution in [0.5, 0.6) is 0 Å². The van der Waals surface area contributed by atoms with E-state index in [2.05, 4.69) is 81.4 Å². The molecule has 4 heteroatoms. The van der Waals surface area contributed by atoms with Crippen LogP contribution < -0.4 is 10.4 Å². The Bertz CT molecular complexity index is 865. The van der Waals surface area contributed by atoms with Gasteiger partial charge in [-0.05, 0) is 46.5 Å². The lowest BCUT2D eigenvalue weighted by Gasteiger charge is -2.44. The van der Waals surface area contributed by atoms with Crippen LogP contribution >= 0.6 is 0 Å². The summed E-state index contributed by atoms with van der Waals surface area (Å²) in [6.45, 7) is 7.72. The fourth-order valence-corrected chi connectivity index (χ4v) is 11.2. The highest BCUT2D eigenvalue weighted by Crippen LogP contribution is 2.56. The molecular weight excluding hydrogens is 388 g/mol. The maximum atomic E-state index is 12.3. The number of esters is 1. The highest BCUT2D eigenvalue weighted by molar-refractivity contribution is 6.99. The summed E-state index contributed by atoms with van der Waals surface area (Å²) in [5.74, 6) is 1.62. The second kappa shape index (κ2) is 7.35. The van der Waals surface area contributed by atoms with E-state index in [0.717, 1.165) is 19.4 Å². The first kappa shape index (κ1) is 20.0. The van der Waals surface area contributed by atoms with Gasteiger partial charge in [0.25, 0.3) is 8.32 Å². The molecule has 2 aromatic carbocycles. The zero-order chi connectivity index (χ0) is 20.9. The fourth-order valence-electron chi connectivity index (χ4n) is 6.60. The molecule has 3 aliphatic rings. The van der Waals surface area contributed by atoms with Crippen LogP contribution in [-0.2, 0) is 14.0 Å². The van der Waals surface area contributed by atoms with E-state index in [1.165, 1.54) is 16.8 Å². The topological polar surface area (TPSA) is 35.5 Å². The summed E-state index contributed by atoms with van der Waals surface area (Å²) in [5.41, 5.74) is 0. The molecule has 0 bridgehead atoms. The normalized spacial score (nSPS) is 30.4. The van der Waals surface area contributed by atoms with Gasteiger partial charge in [0.15, 0.2) is 0 Å². The van der Waals surface area contributed by atoms with Gasteiger partial charge in [0.1, 0.15) is 6.10 Å². The molecule has 3 nitrogen and oxygen atoms in total.